The highest BCUT2D eigenvalue weighted by Gasteiger charge is 2.44. The Balaban J connectivity index is 1.56. The summed E-state index contributed by atoms with van der Waals surface area (Å²) in [5.74, 6) is -0.505. The third-order valence-electron chi connectivity index (χ3n) is 5.64. The molecule has 2 heterocycles. The number of nitro groups is 1. The Bertz CT molecular complexity index is 771. The average molecular weight is 391 g/mol. The Labute approximate surface area is 163 Å². The van der Waals surface area contributed by atoms with Crippen molar-refractivity contribution in [3.05, 3.63) is 27.8 Å². The largest absolute Gasteiger partial charge is 0.448 e. The zero-order valence-corrected chi connectivity index (χ0v) is 15.9. The maximum Gasteiger partial charge on any atom is 0.286 e. The van der Waals surface area contributed by atoms with Crippen LogP contribution in [0.3, 0.4) is 0 Å². The number of nitrogens with one attached hydrogen (secondary N) is 1. The summed E-state index contributed by atoms with van der Waals surface area (Å²) < 4.78 is 17.3. The Hall–Kier alpha value is -2.39. The zero-order chi connectivity index (χ0) is 19.7. The fourth-order valence-electron chi connectivity index (χ4n) is 4.08. The van der Waals surface area contributed by atoms with E-state index in [2.05, 4.69) is 10.2 Å². The molecule has 9 nitrogen and oxygen atoms in total. The predicted molar refractivity (Wildman–Crippen MR) is 99.5 cm³/mol. The minimum atomic E-state index is -0.745. The van der Waals surface area contributed by atoms with Crippen molar-refractivity contribution in [2.75, 3.05) is 26.3 Å². The molecule has 1 N–H and O–H groups in total. The summed E-state index contributed by atoms with van der Waals surface area (Å²) in [7, 11) is 0. The van der Waals surface area contributed by atoms with Crippen molar-refractivity contribution < 1.29 is 23.9 Å². The molecular weight excluding hydrogens is 366 g/mol. The first kappa shape index (κ1) is 18.9. The minimum absolute atomic E-state index is 0.0136. The normalized spacial score (nSPS) is 22.0. The summed E-state index contributed by atoms with van der Waals surface area (Å²) in [5.41, 5.74) is -0.290. The molecule has 0 bridgehead atoms. The van der Waals surface area contributed by atoms with Gasteiger partial charge in [0.2, 0.25) is 0 Å². The molecule has 1 saturated heterocycles. The standard InChI is InChI=1S/C19H25N3O6/c1-13(21-7-9-26-10-8-21)20-18(23)14-11-16-17(12-15(14)22(24)25)28-19(27-16)5-3-2-4-6-19/h11-13H,2-10H2,1H3,(H,20,23). The molecule has 1 atom stereocenters. The number of hydrogen-bond acceptors (Lipinski definition) is 7. The molecule has 2 fully saturated rings. The Morgan fingerprint density at radius 1 is 1.18 bits per heavy atom. The second-order valence-electron chi connectivity index (χ2n) is 7.55. The van der Waals surface area contributed by atoms with E-state index in [0.29, 0.717) is 37.8 Å². The number of ether oxygens (including phenoxy) is 3. The molecule has 2 aliphatic heterocycles. The van der Waals surface area contributed by atoms with Crippen LogP contribution in [0.1, 0.15) is 49.4 Å². The number of carbonyl (C=O) groups is 1. The van der Waals surface area contributed by atoms with Gasteiger partial charge in [0.15, 0.2) is 11.5 Å². The van der Waals surface area contributed by atoms with Gasteiger partial charge >= 0.3 is 0 Å². The molecule has 4 rings (SSSR count). The van der Waals surface area contributed by atoms with Crippen LogP contribution in [0.2, 0.25) is 0 Å². The van der Waals surface area contributed by atoms with E-state index in [1.807, 2.05) is 6.92 Å². The molecule has 1 aromatic carbocycles. The summed E-state index contributed by atoms with van der Waals surface area (Å²) in [6, 6.07) is 2.76. The van der Waals surface area contributed by atoms with Crippen molar-refractivity contribution in [3.63, 3.8) is 0 Å². The van der Waals surface area contributed by atoms with E-state index in [4.69, 9.17) is 14.2 Å². The van der Waals surface area contributed by atoms with Gasteiger partial charge in [-0.05, 0) is 19.8 Å². The molecule has 9 heteroatoms. The van der Waals surface area contributed by atoms with E-state index in [1.165, 1.54) is 12.1 Å². The van der Waals surface area contributed by atoms with Gasteiger partial charge in [-0.3, -0.25) is 19.8 Å². The number of nitro benzene ring substituents is 1. The summed E-state index contributed by atoms with van der Waals surface area (Å²) in [6.07, 6.45) is 4.32. The SMILES string of the molecule is CC(NC(=O)c1cc2c(cc1[N+](=O)[O-])OC1(CCCCC1)O2)N1CCOCC1. The van der Waals surface area contributed by atoms with E-state index in [9.17, 15) is 14.9 Å². The lowest BCUT2D eigenvalue weighted by Gasteiger charge is -2.32. The minimum Gasteiger partial charge on any atom is -0.448 e. The molecule has 1 spiro atoms. The van der Waals surface area contributed by atoms with Crippen LogP contribution in [-0.4, -0.2) is 54.0 Å². The molecule has 1 saturated carbocycles. The number of nitrogens with zero attached hydrogens (tertiary/aromatic N) is 2. The van der Waals surface area contributed by atoms with Gasteiger partial charge in [-0.2, -0.15) is 0 Å². The molecule has 1 aliphatic carbocycles. The number of morpholine rings is 1. The lowest BCUT2D eigenvalue weighted by atomic mass is 9.94. The molecular formula is C19H25N3O6. The van der Waals surface area contributed by atoms with Gasteiger partial charge in [0.05, 0.1) is 30.4 Å². The topological polar surface area (TPSA) is 103 Å². The maximum absolute atomic E-state index is 12.8. The molecule has 0 radical (unpaired) electrons. The first-order chi connectivity index (χ1) is 13.5. The highest BCUT2D eigenvalue weighted by atomic mass is 16.7. The van der Waals surface area contributed by atoms with Crippen molar-refractivity contribution in [3.8, 4) is 11.5 Å². The smallest absolute Gasteiger partial charge is 0.286 e. The van der Waals surface area contributed by atoms with E-state index in [-0.39, 0.29) is 17.4 Å². The van der Waals surface area contributed by atoms with E-state index >= 15 is 0 Å². The summed E-state index contributed by atoms with van der Waals surface area (Å²) in [4.78, 5) is 25.9. The van der Waals surface area contributed by atoms with Gasteiger partial charge < -0.3 is 19.5 Å². The van der Waals surface area contributed by atoms with E-state index in [1.54, 1.807) is 0 Å². The number of amides is 1. The Kier molecular flexibility index (Phi) is 5.11. The quantitative estimate of drug-likeness (QED) is 0.621. The second kappa shape index (κ2) is 7.56. The zero-order valence-electron chi connectivity index (χ0n) is 15.9. The van der Waals surface area contributed by atoms with Crippen molar-refractivity contribution in [2.45, 2.75) is 51.0 Å². The summed E-state index contributed by atoms with van der Waals surface area (Å²) in [5, 5.41) is 14.4. The van der Waals surface area contributed by atoms with Crippen LogP contribution >= 0.6 is 0 Å². The fourth-order valence-corrected chi connectivity index (χ4v) is 4.08. The van der Waals surface area contributed by atoms with Crippen LogP contribution in [0.4, 0.5) is 5.69 Å². The first-order valence-electron chi connectivity index (χ1n) is 9.81. The lowest BCUT2D eigenvalue weighted by Crippen LogP contribution is -2.50. The molecule has 1 amide bonds. The molecule has 1 aromatic rings. The van der Waals surface area contributed by atoms with Crippen LogP contribution in [0, 0.1) is 10.1 Å². The van der Waals surface area contributed by atoms with Gasteiger partial charge in [0.25, 0.3) is 17.4 Å². The predicted octanol–water partition coefficient (Wildman–Crippen LogP) is 2.43. The highest BCUT2D eigenvalue weighted by molar-refractivity contribution is 5.99. The van der Waals surface area contributed by atoms with Crippen molar-refractivity contribution in [2.24, 2.45) is 0 Å². The summed E-state index contributed by atoms with van der Waals surface area (Å²) >= 11 is 0. The van der Waals surface area contributed by atoms with Gasteiger partial charge in [-0.25, -0.2) is 0 Å². The van der Waals surface area contributed by atoms with Crippen LogP contribution in [-0.2, 0) is 4.74 Å². The second-order valence-corrected chi connectivity index (χ2v) is 7.55. The first-order valence-corrected chi connectivity index (χ1v) is 9.81. The van der Waals surface area contributed by atoms with Crippen LogP contribution in [0.15, 0.2) is 12.1 Å². The monoisotopic (exact) mass is 391 g/mol. The highest BCUT2D eigenvalue weighted by Crippen LogP contribution is 2.47. The maximum atomic E-state index is 12.8. The van der Waals surface area contributed by atoms with Crippen molar-refractivity contribution in [1.29, 1.82) is 0 Å². The van der Waals surface area contributed by atoms with Crippen molar-refractivity contribution in [1.82, 2.24) is 10.2 Å². The number of fused-ring (bicyclic) bond motifs is 1. The van der Waals surface area contributed by atoms with Crippen LogP contribution in [0.5, 0.6) is 11.5 Å². The van der Waals surface area contributed by atoms with Gasteiger partial charge in [0, 0.05) is 32.0 Å². The third kappa shape index (κ3) is 3.64. The lowest BCUT2D eigenvalue weighted by molar-refractivity contribution is -0.385. The van der Waals surface area contributed by atoms with E-state index in [0.717, 1.165) is 32.1 Å². The molecule has 1 unspecified atom stereocenters. The number of hydrogen-bond donors (Lipinski definition) is 1. The Morgan fingerprint density at radius 2 is 1.82 bits per heavy atom. The molecule has 28 heavy (non-hydrogen) atoms. The molecule has 152 valence electrons. The number of carbonyl (C=O) groups excluding carboxylic acids is 1. The van der Waals surface area contributed by atoms with Crippen LogP contribution in [0.25, 0.3) is 0 Å². The average Bonchev–Trinajstić information content (AvgIpc) is 3.04. The molecule has 3 aliphatic rings. The number of benzene rings is 1. The van der Waals surface area contributed by atoms with Crippen LogP contribution < -0.4 is 14.8 Å². The summed E-state index contributed by atoms with van der Waals surface area (Å²) in [6.45, 7) is 4.47. The number of rotatable bonds is 4. The van der Waals surface area contributed by atoms with Gasteiger partial charge in [0.1, 0.15) is 5.56 Å². The Morgan fingerprint density at radius 3 is 2.46 bits per heavy atom. The van der Waals surface area contributed by atoms with Gasteiger partial charge in [-0.1, -0.05) is 6.42 Å². The van der Waals surface area contributed by atoms with E-state index < -0.39 is 16.6 Å². The third-order valence-corrected chi connectivity index (χ3v) is 5.64. The van der Waals surface area contributed by atoms with Crippen molar-refractivity contribution >= 4 is 11.6 Å². The fraction of sp³-hybridized carbons (Fsp3) is 0.632. The molecule has 0 aromatic heterocycles. The van der Waals surface area contributed by atoms with Gasteiger partial charge in [-0.15, -0.1) is 0 Å².